The Balaban J connectivity index is 1.99. The topological polar surface area (TPSA) is 86.6 Å². The van der Waals surface area contributed by atoms with E-state index in [1.807, 2.05) is 0 Å². The maximum atomic E-state index is 12.1. The zero-order valence-electron chi connectivity index (χ0n) is 10.4. The van der Waals surface area contributed by atoms with Crippen LogP contribution in [-0.4, -0.2) is 63.1 Å². The number of carboxylic acid groups (broad SMARTS) is 1. The highest BCUT2D eigenvalue weighted by atomic mass is 32.2. The Bertz CT molecular complexity index is 470. The van der Waals surface area contributed by atoms with Crippen molar-refractivity contribution in [3.05, 3.63) is 18.5 Å². The number of amides is 1. The van der Waals surface area contributed by atoms with Crippen LogP contribution in [0.15, 0.2) is 18.5 Å². The molecule has 1 atom stereocenters. The Kier molecular flexibility index (Phi) is 4.20. The molecule has 1 aromatic heterocycles. The SMILES string of the molecule is CN(CC(=O)N1CSCC1C(=O)O)c1ncccn1. The number of aliphatic carboxylic acids is 1. The Labute approximate surface area is 114 Å². The molecule has 1 aliphatic rings. The number of nitrogens with zero attached hydrogens (tertiary/aromatic N) is 4. The summed E-state index contributed by atoms with van der Waals surface area (Å²) in [6.07, 6.45) is 3.18. The van der Waals surface area contributed by atoms with Gasteiger partial charge in [0.25, 0.3) is 0 Å². The lowest BCUT2D eigenvalue weighted by Gasteiger charge is -2.23. The monoisotopic (exact) mass is 282 g/mol. The second-order valence-electron chi connectivity index (χ2n) is 4.12. The van der Waals surface area contributed by atoms with E-state index in [0.29, 0.717) is 17.6 Å². The summed E-state index contributed by atoms with van der Waals surface area (Å²) in [6, 6.07) is 0.957. The fourth-order valence-electron chi connectivity index (χ4n) is 1.75. The van der Waals surface area contributed by atoms with Crippen LogP contribution in [0.25, 0.3) is 0 Å². The molecule has 19 heavy (non-hydrogen) atoms. The molecular weight excluding hydrogens is 268 g/mol. The predicted molar refractivity (Wildman–Crippen MR) is 70.9 cm³/mol. The molecule has 1 fully saturated rings. The van der Waals surface area contributed by atoms with E-state index in [2.05, 4.69) is 9.97 Å². The average molecular weight is 282 g/mol. The standard InChI is InChI=1S/C11H14N4O3S/c1-14(11-12-3-2-4-13-11)5-9(16)15-7-19-6-8(15)10(17)18/h2-4,8H,5-7H2,1H3,(H,17,18). The van der Waals surface area contributed by atoms with Gasteiger partial charge in [0.2, 0.25) is 11.9 Å². The molecule has 0 saturated carbocycles. The lowest BCUT2D eigenvalue weighted by atomic mass is 10.3. The maximum absolute atomic E-state index is 12.1. The number of carbonyl (C=O) groups is 2. The van der Waals surface area contributed by atoms with Gasteiger partial charge in [0.15, 0.2) is 0 Å². The molecule has 1 aliphatic heterocycles. The van der Waals surface area contributed by atoms with Gasteiger partial charge in [-0.15, -0.1) is 11.8 Å². The van der Waals surface area contributed by atoms with E-state index in [4.69, 9.17) is 5.11 Å². The van der Waals surface area contributed by atoms with Crippen molar-refractivity contribution in [2.75, 3.05) is 30.1 Å². The van der Waals surface area contributed by atoms with Crippen molar-refractivity contribution in [1.29, 1.82) is 0 Å². The summed E-state index contributed by atoms with van der Waals surface area (Å²) in [7, 11) is 1.70. The molecular formula is C11H14N4O3S. The van der Waals surface area contributed by atoms with Crippen LogP contribution in [0.5, 0.6) is 0 Å². The summed E-state index contributed by atoms with van der Waals surface area (Å²) >= 11 is 1.44. The van der Waals surface area contributed by atoms with Gasteiger partial charge in [-0.3, -0.25) is 4.79 Å². The highest BCUT2D eigenvalue weighted by Crippen LogP contribution is 2.21. The Morgan fingerprint density at radius 1 is 1.53 bits per heavy atom. The van der Waals surface area contributed by atoms with Gasteiger partial charge in [-0.05, 0) is 6.07 Å². The highest BCUT2D eigenvalue weighted by Gasteiger charge is 2.34. The number of carbonyl (C=O) groups excluding carboxylic acids is 1. The number of anilines is 1. The van der Waals surface area contributed by atoms with Crippen LogP contribution in [0.4, 0.5) is 5.95 Å². The molecule has 8 heteroatoms. The number of rotatable bonds is 4. The maximum Gasteiger partial charge on any atom is 0.327 e. The van der Waals surface area contributed by atoms with Gasteiger partial charge in [-0.1, -0.05) is 0 Å². The van der Waals surface area contributed by atoms with E-state index in [1.165, 1.54) is 16.7 Å². The lowest BCUT2D eigenvalue weighted by Crippen LogP contribution is -2.46. The first kappa shape index (κ1) is 13.6. The van der Waals surface area contributed by atoms with Crippen LogP contribution < -0.4 is 4.90 Å². The summed E-state index contributed by atoms with van der Waals surface area (Å²) < 4.78 is 0. The van der Waals surface area contributed by atoms with Crippen molar-refractivity contribution in [3.63, 3.8) is 0 Å². The van der Waals surface area contributed by atoms with Crippen molar-refractivity contribution in [2.45, 2.75) is 6.04 Å². The van der Waals surface area contributed by atoms with Crippen LogP contribution >= 0.6 is 11.8 Å². The first-order valence-corrected chi connectivity index (χ1v) is 6.83. The molecule has 2 rings (SSSR count). The van der Waals surface area contributed by atoms with Gasteiger partial charge >= 0.3 is 5.97 Å². The third kappa shape index (κ3) is 3.14. The Hall–Kier alpha value is -1.83. The number of aromatic nitrogens is 2. The van der Waals surface area contributed by atoms with Crippen LogP contribution in [0.1, 0.15) is 0 Å². The van der Waals surface area contributed by atoms with Crippen molar-refractivity contribution in [1.82, 2.24) is 14.9 Å². The number of hydrogen-bond donors (Lipinski definition) is 1. The summed E-state index contributed by atoms with van der Waals surface area (Å²) in [4.78, 5) is 34.2. The van der Waals surface area contributed by atoms with E-state index in [0.717, 1.165) is 0 Å². The van der Waals surface area contributed by atoms with Gasteiger partial charge in [0.05, 0.1) is 12.4 Å². The number of thioether (sulfide) groups is 1. The van der Waals surface area contributed by atoms with Gasteiger partial charge in [0, 0.05) is 25.2 Å². The van der Waals surface area contributed by atoms with E-state index in [9.17, 15) is 9.59 Å². The zero-order valence-corrected chi connectivity index (χ0v) is 11.2. The molecule has 1 amide bonds. The van der Waals surface area contributed by atoms with Crippen LogP contribution in [0.2, 0.25) is 0 Å². The van der Waals surface area contributed by atoms with E-state index >= 15 is 0 Å². The first-order valence-electron chi connectivity index (χ1n) is 5.68. The normalized spacial score (nSPS) is 18.4. The van der Waals surface area contributed by atoms with Gasteiger partial charge in [-0.25, -0.2) is 14.8 Å². The van der Waals surface area contributed by atoms with Gasteiger partial charge in [-0.2, -0.15) is 0 Å². The molecule has 102 valence electrons. The molecule has 7 nitrogen and oxygen atoms in total. The quantitative estimate of drug-likeness (QED) is 0.825. The lowest BCUT2D eigenvalue weighted by molar-refractivity contribution is -0.147. The minimum Gasteiger partial charge on any atom is -0.480 e. The van der Waals surface area contributed by atoms with Crippen LogP contribution in [-0.2, 0) is 9.59 Å². The average Bonchev–Trinajstić information content (AvgIpc) is 2.89. The molecule has 0 spiro atoms. The van der Waals surface area contributed by atoms with Gasteiger partial charge < -0.3 is 14.9 Å². The molecule has 1 unspecified atom stereocenters. The number of carboxylic acids is 1. The molecule has 1 N–H and O–H groups in total. The minimum atomic E-state index is -0.961. The molecule has 2 heterocycles. The third-order valence-electron chi connectivity index (χ3n) is 2.75. The van der Waals surface area contributed by atoms with Crippen molar-refractivity contribution in [2.24, 2.45) is 0 Å². The van der Waals surface area contributed by atoms with Crippen LogP contribution in [0, 0.1) is 0 Å². The first-order chi connectivity index (χ1) is 9.09. The summed E-state index contributed by atoms with van der Waals surface area (Å²) in [5.41, 5.74) is 0. The fourth-order valence-corrected chi connectivity index (χ4v) is 2.92. The van der Waals surface area contributed by atoms with E-state index < -0.39 is 12.0 Å². The van der Waals surface area contributed by atoms with Crippen molar-refractivity contribution >= 4 is 29.6 Å². The fraction of sp³-hybridized carbons (Fsp3) is 0.455. The summed E-state index contributed by atoms with van der Waals surface area (Å²) in [6.45, 7) is 0.0638. The molecule has 1 saturated heterocycles. The largest absolute Gasteiger partial charge is 0.480 e. The molecule has 0 aromatic carbocycles. The summed E-state index contributed by atoms with van der Waals surface area (Å²) in [5.74, 6) is 0.102. The second kappa shape index (κ2) is 5.87. The predicted octanol–water partition coefficient (Wildman–Crippen LogP) is -0.101. The molecule has 0 radical (unpaired) electrons. The number of hydrogen-bond acceptors (Lipinski definition) is 6. The summed E-state index contributed by atoms with van der Waals surface area (Å²) in [5, 5.41) is 9.04. The smallest absolute Gasteiger partial charge is 0.327 e. The molecule has 0 bridgehead atoms. The highest BCUT2D eigenvalue weighted by molar-refractivity contribution is 7.99. The van der Waals surface area contributed by atoms with Gasteiger partial charge in [0.1, 0.15) is 6.04 Å². The third-order valence-corrected chi connectivity index (χ3v) is 3.77. The van der Waals surface area contributed by atoms with Crippen molar-refractivity contribution in [3.8, 4) is 0 Å². The Morgan fingerprint density at radius 3 is 2.84 bits per heavy atom. The van der Waals surface area contributed by atoms with Crippen LogP contribution in [0.3, 0.4) is 0 Å². The van der Waals surface area contributed by atoms with E-state index in [-0.39, 0.29) is 12.5 Å². The molecule has 1 aromatic rings. The molecule has 0 aliphatic carbocycles. The zero-order chi connectivity index (χ0) is 13.8. The number of likely N-dealkylation sites (N-methyl/N-ethyl adjacent to an activating group) is 1. The Morgan fingerprint density at radius 2 is 2.21 bits per heavy atom. The second-order valence-corrected chi connectivity index (χ2v) is 5.12. The van der Waals surface area contributed by atoms with E-state index in [1.54, 1.807) is 30.4 Å². The van der Waals surface area contributed by atoms with Crippen molar-refractivity contribution < 1.29 is 14.7 Å². The minimum absolute atomic E-state index is 0.0638.